The predicted molar refractivity (Wildman–Crippen MR) is 80.0 cm³/mol. The number of phenols is 1. The minimum Gasteiger partial charge on any atom is -0.507 e. The Hall–Kier alpha value is -0.687. The zero-order chi connectivity index (χ0) is 14.7. The molecular formula is C17H26O2Zn. The molecule has 2 unspecified atom stereocenters. The van der Waals surface area contributed by atoms with Gasteiger partial charge in [0.2, 0.25) is 0 Å². The first-order valence-corrected chi connectivity index (χ1v) is 7.11. The molecule has 2 atom stereocenters. The zero-order valence-electron chi connectivity index (χ0n) is 13.6. The monoisotopic (exact) mass is 326 g/mol. The van der Waals surface area contributed by atoms with Gasteiger partial charge in [0.05, 0.1) is 5.56 Å². The average Bonchev–Trinajstić information content (AvgIpc) is 2.37. The van der Waals surface area contributed by atoms with Crippen molar-refractivity contribution in [2.45, 2.75) is 53.4 Å². The van der Waals surface area contributed by atoms with Crippen LogP contribution in [0.25, 0.3) is 0 Å². The summed E-state index contributed by atoms with van der Waals surface area (Å²) in [6.45, 7) is 12.9. The molecule has 108 valence electrons. The number of hydrogen-bond donors (Lipinski definition) is 1. The van der Waals surface area contributed by atoms with E-state index in [2.05, 4.69) is 47.6 Å². The van der Waals surface area contributed by atoms with Crippen molar-refractivity contribution in [1.82, 2.24) is 0 Å². The van der Waals surface area contributed by atoms with E-state index in [1.807, 2.05) is 6.07 Å². The molecule has 0 radical (unpaired) electrons. The summed E-state index contributed by atoms with van der Waals surface area (Å²) in [5, 5.41) is 10.2. The Balaban J connectivity index is 0.00000361. The van der Waals surface area contributed by atoms with E-state index in [9.17, 15) is 9.90 Å². The van der Waals surface area contributed by atoms with Gasteiger partial charge in [-0.05, 0) is 40.9 Å². The molecule has 1 N–H and O–H groups in total. The van der Waals surface area contributed by atoms with E-state index in [-0.39, 0.29) is 31.1 Å². The molecule has 0 aromatic heterocycles. The number of aromatic hydroxyl groups is 1. The van der Waals surface area contributed by atoms with Crippen LogP contribution in [0.5, 0.6) is 5.75 Å². The first-order valence-electron chi connectivity index (χ1n) is 7.11. The molecule has 3 heteroatoms. The number of carbonyl (C=O) groups excluding carboxylic acids is 1. The van der Waals surface area contributed by atoms with Crippen molar-refractivity contribution in [3.8, 4) is 5.75 Å². The predicted octanol–water partition coefficient (Wildman–Crippen LogP) is 4.72. The molecule has 0 aliphatic carbocycles. The summed E-state index contributed by atoms with van der Waals surface area (Å²) in [4.78, 5) is 11.2. The fourth-order valence-electron chi connectivity index (χ4n) is 2.15. The number of carbonyl (C=O) groups is 1. The van der Waals surface area contributed by atoms with Crippen LogP contribution in [0.1, 0.15) is 74.9 Å². The Kier molecular flexibility index (Phi) is 7.66. The molecule has 1 rings (SSSR count). The van der Waals surface area contributed by atoms with E-state index in [4.69, 9.17) is 0 Å². The van der Waals surface area contributed by atoms with Gasteiger partial charge in [-0.15, -0.1) is 0 Å². The van der Waals surface area contributed by atoms with Crippen LogP contribution in [0.4, 0.5) is 0 Å². The third-order valence-corrected chi connectivity index (χ3v) is 4.33. The van der Waals surface area contributed by atoms with E-state index in [0.29, 0.717) is 23.3 Å². The van der Waals surface area contributed by atoms with Gasteiger partial charge < -0.3 is 5.11 Å². The summed E-state index contributed by atoms with van der Waals surface area (Å²) in [5.41, 5.74) is 2.44. The third-order valence-electron chi connectivity index (χ3n) is 4.33. The summed E-state index contributed by atoms with van der Waals surface area (Å²) < 4.78 is 0. The molecule has 2 nitrogen and oxygen atoms in total. The quantitative estimate of drug-likeness (QED) is 0.627. The zero-order valence-corrected chi connectivity index (χ0v) is 16.6. The maximum Gasteiger partial charge on any atom is 0.153 e. The molecule has 0 amide bonds. The van der Waals surface area contributed by atoms with Crippen molar-refractivity contribution in [3.63, 3.8) is 0 Å². The van der Waals surface area contributed by atoms with Crippen molar-refractivity contribution < 1.29 is 29.4 Å². The van der Waals surface area contributed by atoms with Gasteiger partial charge in [0.15, 0.2) is 6.29 Å². The number of rotatable bonds is 5. The van der Waals surface area contributed by atoms with Crippen LogP contribution < -0.4 is 0 Å². The Labute approximate surface area is 135 Å². The van der Waals surface area contributed by atoms with E-state index in [1.165, 1.54) is 0 Å². The van der Waals surface area contributed by atoms with Gasteiger partial charge >= 0.3 is 0 Å². The number of benzene rings is 1. The fraction of sp³-hybridized carbons (Fsp3) is 0.588. The minimum absolute atomic E-state index is 0. The van der Waals surface area contributed by atoms with Gasteiger partial charge in [-0.1, -0.05) is 47.6 Å². The third kappa shape index (κ3) is 4.15. The second-order valence-corrected chi connectivity index (χ2v) is 6.23. The summed E-state index contributed by atoms with van der Waals surface area (Å²) in [5.74, 6) is 1.69. The van der Waals surface area contributed by atoms with Crippen molar-refractivity contribution >= 4 is 6.29 Å². The maximum absolute atomic E-state index is 11.2. The average molecular weight is 328 g/mol. The van der Waals surface area contributed by atoms with Crippen LogP contribution in [0, 0.1) is 11.8 Å². The summed E-state index contributed by atoms with van der Waals surface area (Å²) in [7, 11) is 0. The molecule has 0 bridgehead atoms. The normalized spacial score (nSPS) is 14.0. The van der Waals surface area contributed by atoms with Crippen LogP contribution in [0.2, 0.25) is 0 Å². The van der Waals surface area contributed by atoms with Crippen LogP contribution in [-0.2, 0) is 19.5 Å². The first kappa shape index (κ1) is 19.3. The fourth-order valence-corrected chi connectivity index (χ4v) is 2.15. The molecule has 0 saturated carbocycles. The molecule has 0 fully saturated rings. The molecule has 1 aromatic rings. The topological polar surface area (TPSA) is 37.3 Å². The summed E-state index contributed by atoms with van der Waals surface area (Å²) in [6.07, 6.45) is 0.752. The second kappa shape index (κ2) is 7.93. The molecule has 0 spiro atoms. The van der Waals surface area contributed by atoms with Crippen molar-refractivity contribution in [2.24, 2.45) is 11.8 Å². The van der Waals surface area contributed by atoms with Crippen molar-refractivity contribution in [3.05, 3.63) is 28.8 Å². The van der Waals surface area contributed by atoms with Crippen molar-refractivity contribution in [2.75, 3.05) is 0 Å². The first-order chi connectivity index (χ1) is 8.79. The van der Waals surface area contributed by atoms with E-state index in [0.717, 1.165) is 17.4 Å². The Morgan fingerprint density at radius 3 is 1.85 bits per heavy atom. The largest absolute Gasteiger partial charge is 0.507 e. The Bertz CT molecular complexity index is 453. The van der Waals surface area contributed by atoms with Gasteiger partial charge in [-0.25, -0.2) is 0 Å². The molecular weight excluding hydrogens is 302 g/mol. The second-order valence-electron chi connectivity index (χ2n) is 6.23. The number of hydrogen-bond acceptors (Lipinski definition) is 2. The number of phenolic OH excluding ortho intramolecular Hbond substituents is 1. The van der Waals surface area contributed by atoms with E-state index in [1.54, 1.807) is 0 Å². The SMILES string of the molecule is CC(C)C(C)c1cc(C=O)c(O)c(C(C)C(C)C)c1.[Zn]. The molecule has 20 heavy (non-hydrogen) atoms. The number of aldehydes is 1. The van der Waals surface area contributed by atoms with Crippen LogP contribution in [-0.4, -0.2) is 11.4 Å². The Morgan fingerprint density at radius 1 is 0.950 bits per heavy atom. The van der Waals surface area contributed by atoms with E-state index < -0.39 is 0 Å². The molecule has 0 saturated heterocycles. The Morgan fingerprint density at radius 2 is 1.45 bits per heavy atom. The molecule has 0 heterocycles. The van der Waals surface area contributed by atoms with Crippen LogP contribution in [0.15, 0.2) is 12.1 Å². The van der Waals surface area contributed by atoms with E-state index >= 15 is 0 Å². The van der Waals surface area contributed by atoms with Crippen molar-refractivity contribution in [1.29, 1.82) is 0 Å². The van der Waals surface area contributed by atoms with Gasteiger partial charge in [-0.2, -0.15) is 0 Å². The standard InChI is InChI=1S/C17H26O2.Zn/c1-10(2)12(5)14-7-15(9-18)17(19)16(8-14)13(6)11(3)4;/h7-13,19H,1-6H3;. The van der Waals surface area contributed by atoms with Gasteiger partial charge in [0.1, 0.15) is 5.75 Å². The van der Waals surface area contributed by atoms with Gasteiger partial charge in [0, 0.05) is 19.5 Å². The van der Waals surface area contributed by atoms with Crippen LogP contribution in [0.3, 0.4) is 0 Å². The van der Waals surface area contributed by atoms with Crippen LogP contribution >= 0.6 is 0 Å². The molecule has 1 aromatic carbocycles. The van der Waals surface area contributed by atoms with Gasteiger partial charge in [-0.3, -0.25) is 4.79 Å². The van der Waals surface area contributed by atoms with Gasteiger partial charge in [0.25, 0.3) is 0 Å². The summed E-state index contributed by atoms with van der Waals surface area (Å²) >= 11 is 0. The maximum atomic E-state index is 11.2. The summed E-state index contributed by atoms with van der Waals surface area (Å²) in [6, 6.07) is 3.89. The molecule has 0 aliphatic rings. The molecule has 0 aliphatic heterocycles. The smallest absolute Gasteiger partial charge is 0.153 e. The minimum atomic E-state index is 0.